The highest BCUT2D eigenvalue weighted by atomic mass is 16.5. The second-order valence-electron chi connectivity index (χ2n) is 10.6. The van der Waals surface area contributed by atoms with Crippen molar-refractivity contribution in [3.63, 3.8) is 0 Å². The van der Waals surface area contributed by atoms with Gasteiger partial charge >= 0.3 is 0 Å². The second-order valence-corrected chi connectivity index (χ2v) is 10.6. The fraction of sp³-hybridized carbons (Fsp3) is 0.452. The lowest BCUT2D eigenvalue weighted by molar-refractivity contribution is -0.0565. The van der Waals surface area contributed by atoms with Crippen LogP contribution < -0.4 is 4.74 Å². The van der Waals surface area contributed by atoms with E-state index in [0.717, 1.165) is 68.5 Å². The largest absolute Gasteiger partial charge is 0.487 e. The zero-order valence-corrected chi connectivity index (χ0v) is 20.6. The molecule has 0 amide bonds. The quantitative estimate of drug-likeness (QED) is 0.430. The lowest BCUT2D eigenvalue weighted by Gasteiger charge is -2.53. The third-order valence-electron chi connectivity index (χ3n) is 8.23. The van der Waals surface area contributed by atoms with Crippen LogP contribution in [-0.2, 0) is 24.9 Å². The van der Waals surface area contributed by atoms with Gasteiger partial charge in [-0.15, -0.1) is 0 Å². The third kappa shape index (κ3) is 4.63. The van der Waals surface area contributed by atoms with E-state index >= 15 is 0 Å². The highest BCUT2D eigenvalue weighted by molar-refractivity contribution is 5.45. The maximum atomic E-state index is 11.4. The zero-order chi connectivity index (χ0) is 23.6. The number of rotatable bonds is 7. The zero-order valence-electron chi connectivity index (χ0n) is 20.6. The summed E-state index contributed by atoms with van der Waals surface area (Å²) in [5.74, 6) is 1.43. The molecule has 0 aliphatic heterocycles. The molecule has 1 aromatic heterocycles. The summed E-state index contributed by atoms with van der Waals surface area (Å²) in [6.45, 7) is 4.69. The summed E-state index contributed by atoms with van der Waals surface area (Å²) in [5, 5.41) is 11.4. The Hall–Kier alpha value is -2.65. The van der Waals surface area contributed by atoms with Gasteiger partial charge in [-0.3, -0.25) is 4.98 Å². The van der Waals surface area contributed by atoms with Crippen LogP contribution in [0.3, 0.4) is 0 Å². The van der Waals surface area contributed by atoms with Gasteiger partial charge in [-0.2, -0.15) is 0 Å². The summed E-state index contributed by atoms with van der Waals surface area (Å²) in [5.41, 5.74) is 5.86. The van der Waals surface area contributed by atoms with E-state index in [4.69, 9.17) is 4.74 Å². The van der Waals surface area contributed by atoms with Crippen LogP contribution >= 0.6 is 0 Å². The van der Waals surface area contributed by atoms with Gasteiger partial charge in [0.15, 0.2) is 0 Å². The van der Waals surface area contributed by atoms with E-state index < -0.39 is 5.60 Å². The van der Waals surface area contributed by atoms with Crippen molar-refractivity contribution in [2.45, 2.75) is 82.8 Å². The van der Waals surface area contributed by atoms with Crippen molar-refractivity contribution in [2.24, 2.45) is 5.92 Å². The van der Waals surface area contributed by atoms with E-state index in [-0.39, 0.29) is 5.41 Å². The first-order chi connectivity index (χ1) is 16.5. The lowest BCUT2D eigenvalue weighted by Crippen LogP contribution is -2.51. The van der Waals surface area contributed by atoms with Crippen molar-refractivity contribution in [1.29, 1.82) is 0 Å². The number of aliphatic hydroxyl groups is 1. The summed E-state index contributed by atoms with van der Waals surface area (Å²) in [6, 6.07) is 23.7. The highest BCUT2D eigenvalue weighted by Crippen LogP contribution is 2.55. The Morgan fingerprint density at radius 2 is 1.88 bits per heavy atom. The predicted molar refractivity (Wildman–Crippen MR) is 137 cm³/mol. The Morgan fingerprint density at radius 3 is 2.68 bits per heavy atom. The number of benzene rings is 2. The van der Waals surface area contributed by atoms with Crippen LogP contribution in [0.2, 0.25) is 0 Å². The smallest absolute Gasteiger partial charge is 0.130 e. The van der Waals surface area contributed by atoms with Gasteiger partial charge in [0.25, 0.3) is 0 Å². The number of fused-ring (bicyclic) bond motifs is 3. The molecule has 2 aliphatic rings. The third-order valence-corrected chi connectivity index (χ3v) is 8.23. The van der Waals surface area contributed by atoms with E-state index in [1.54, 1.807) is 0 Å². The van der Waals surface area contributed by atoms with Crippen LogP contribution in [-0.4, -0.2) is 15.7 Å². The fourth-order valence-electron chi connectivity index (χ4n) is 6.65. The highest BCUT2D eigenvalue weighted by Gasteiger charge is 2.51. The molecular weight excluding hydrogens is 418 g/mol. The van der Waals surface area contributed by atoms with Gasteiger partial charge in [0.05, 0.1) is 11.3 Å². The topological polar surface area (TPSA) is 42.4 Å². The van der Waals surface area contributed by atoms with Crippen molar-refractivity contribution < 1.29 is 9.84 Å². The van der Waals surface area contributed by atoms with Crippen LogP contribution in [0.4, 0.5) is 0 Å². The molecule has 0 saturated heterocycles. The molecule has 3 heteroatoms. The first-order valence-corrected chi connectivity index (χ1v) is 12.9. The number of nitrogens with zero attached hydrogens (tertiary/aromatic N) is 1. The van der Waals surface area contributed by atoms with Crippen LogP contribution in [0.1, 0.15) is 73.5 Å². The van der Waals surface area contributed by atoms with Crippen molar-refractivity contribution in [2.75, 3.05) is 0 Å². The van der Waals surface area contributed by atoms with Crippen molar-refractivity contribution in [3.05, 3.63) is 94.8 Å². The van der Waals surface area contributed by atoms with Crippen molar-refractivity contribution >= 4 is 0 Å². The van der Waals surface area contributed by atoms with Crippen molar-refractivity contribution in [3.8, 4) is 5.75 Å². The molecule has 3 aromatic rings. The molecule has 1 N–H and O–H groups in total. The van der Waals surface area contributed by atoms with Crippen LogP contribution in [0.15, 0.2) is 66.7 Å². The summed E-state index contributed by atoms with van der Waals surface area (Å²) in [7, 11) is 0. The van der Waals surface area contributed by atoms with E-state index in [2.05, 4.69) is 60.4 Å². The molecule has 3 nitrogen and oxygen atoms in total. The van der Waals surface area contributed by atoms with Gasteiger partial charge in [0.1, 0.15) is 12.4 Å². The Balaban J connectivity index is 1.44. The minimum Gasteiger partial charge on any atom is -0.487 e. The predicted octanol–water partition coefficient (Wildman–Crippen LogP) is 6.73. The maximum absolute atomic E-state index is 11.4. The summed E-state index contributed by atoms with van der Waals surface area (Å²) in [6.07, 6.45) is 8.04. The lowest BCUT2D eigenvalue weighted by atomic mass is 9.52. The fourth-order valence-corrected chi connectivity index (χ4v) is 6.65. The van der Waals surface area contributed by atoms with E-state index in [1.165, 1.54) is 16.7 Å². The summed E-state index contributed by atoms with van der Waals surface area (Å²) >= 11 is 0. The van der Waals surface area contributed by atoms with Gasteiger partial charge < -0.3 is 9.84 Å². The minimum absolute atomic E-state index is 0.0888. The van der Waals surface area contributed by atoms with Gasteiger partial charge in [-0.25, -0.2) is 0 Å². The van der Waals surface area contributed by atoms with E-state index in [1.807, 2.05) is 25.1 Å². The maximum Gasteiger partial charge on any atom is 0.130 e. The van der Waals surface area contributed by atoms with E-state index in [9.17, 15) is 5.11 Å². The van der Waals surface area contributed by atoms with Gasteiger partial charge in [-0.05, 0) is 98.7 Å². The Morgan fingerprint density at radius 1 is 1.03 bits per heavy atom. The minimum atomic E-state index is -0.499. The Bertz CT molecular complexity index is 1130. The molecule has 1 heterocycles. The molecule has 34 heavy (non-hydrogen) atoms. The molecule has 0 spiro atoms. The normalized spacial score (nSPS) is 25.9. The average Bonchev–Trinajstić information content (AvgIpc) is 2.84. The Kier molecular flexibility index (Phi) is 6.48. The van der Waals surface area contributed by atoms with Crippen LogP contribution in [0.5, 0.6) is 5.75 Å². The second kappa shape index (κ2) is 9.54. The molecule has 178 valence electrons. The molecular formula is C31H37NO2. The first-order valence-electron chi connectivity index (χ1n) is 12.9. The van der Waals surface area contributed by atoms with E-state index in [0.29, 0.717) is 12.5 Å². The molecule has 0 bridgehead atoms. The number of hydrogen-bond donors (Lipinski definition) is 1. The number of aryl methyl sites for hydroxylation is 2. The first kappa shape index (κ1) is 23.1. The molecule has 0 radical (unpaired) electrons. The SMILES string of the molecule is CCC[C@@]1(O)CC[C@@]2(Cc3ccccc3)c3ccc(OCc4cccc(C)n4)cc3CC[C@@H]2C1. The van der Waals surface area contributed by atoms with Crippen LogP contribution in [0.25, 0.3) is 0 Å². The van der Waals surface area contributed by atoms with Gasteiger partial charge in [0, 0.05) is 11.1 Å². The summed E-state index contributed by atoms with van der Waals surface area (Å²) < 4.78 is 6.16. The van der Waals surface area contributed by atoms with Crippen LogP contribution in [0, 0.1) is 12.8 Å². The molecule has 2 aromatic carbocycles. The molecule has 1 fully saturated rings. The summed E-state index contributed by atoms with van der Waals surface area (Å²) in [4.78, 5) is 4.57. The molecule has 3 atom stereocenters. The number of hydrogen-bond acceptors (Lipinski definition) is 3. The van der Waals surface area contributed by atoms with Crippen molar-refractivity contribution in [1.82, 2.24) is 4.98 Å². The number of pyridine rings is 1. The Labute approximate surface area is 204 Å². The number of aromatic nitrogens is 1. The molecule has 2 aliphatic carbocycles. The average molecular weight is 456 g/mol. The molecule has 1 saturated carbocycles. The molecule has 5 rings (SSSR count). The number of ether oxygens (including phenoxy) is 1. The van der Waals surface area contributed by atoms with Gasteiger partial charge in [-0.1, -0.05) is 55.8 Å². The standard InChI is InChI=1S/C31H37NO2/c1-3-16-30(33)17-18-31(20-24-9-5-4-6-10-24)26(21-30)13-12-25-19-28(14-15-29(25)31)34-22-27-11-7-8-23(2)32-27/h4-11,14-15,19,26,33H,3,12-13,16-18,20-22H2,1-2H3/t26-,30-,31+/m1/s1. The monoisotopic (exact) mass is 455 g/mol. The van der Waals surface area contributed by atoms with Gasteiger partial charge in [0.2, 0.25) is 0 Å². The molecule has 0 unspecified atom stereocenters.